The van der Waals surface area contributed by atoms with E-state index in [2.05, 4.69) is 0 Å². The monoisotopic (exact) mass is 248 g/mol. The zero-order valence-corrected chi connectivity index (χ0v) is 9.84. The van der Waals surface area contributed by atoms with E-state index in [9.17, 15) is 18.0 Å². The Morgan fingerprint density at radius 2 is 1.69 bits per heavy atom. The standard InChI is InChI=1S/C10H11F3O2Si/c1-16(2,15-7-14)9-5-3-8(4-6-9)10(11,12)13/h3-7H,1-2H3. The van der Waals surface area contributed by atoms with Gasteiger partial charge >= 0.3 is 6.18 Å². The zero-order valence-electron chi connectivity index (χ0n) is 8.84. The molecule has 0 bridgehead atoms. The number of alkyl halides is 3. The van der Waals surface area contributed by atoms with E-state index in [1.54, 1.807) is 13.1 Å². The van der Waals surface area contributed by atoms with Crippen LogP contribution in [0.3, 0.4) is 0 Å². The maximum Gasteiger partial charge on any atom is 0.416 e. The van der Waals surface area contributed by atoms with Crippen LogP contribution < -0.4 is 5.19 Å². The smallest absolute Gasteiger partial charge is 0.416 e. The number of halogens is 3. The van der Waals surface area contributed by atoms with Crippen molar-refractivity contribution in [1.29, 1.82) is 0 Å². The van der Waals surface area contributed by atoms with E-state index in [4.69, 9.17) is 4.43 Å². The van der Waals surface area contributed by atoms with E-state index in [1.165, 1.54) is 12.1 Å². The molecular formula is C10H11F3O2Si. The lowest BCUT2D eigenvalue weighted by Crippen LogP contribution is -2.44. The Morgan fingerprint density at radius 1 is 1.19 bits per heavy atom. The fourth-order valence-electron chi connectivity index (χ4n) is 1.25. The maximum atomic E-state index is 12.3. The summed E-state index contributed by atoms with van der Waals surface area (Å²) in [5.41, 5.74) is -0.702. The van der Waals surface area contributed by atoms with Crippen LogP contribution in [0.1, 0.15) is 5.56 Å². The number of benzene rings is 1. The molecule has 0 atom stereocenters. The van der Waals surface area contributed by atoms with Crippen molar-refractivity contribution in [3.05, 3.63) is 29.8 Å². The summed E-state index contributed by atoms with van der Waals surface area (Å²) in [6.07, 6.45) is -4.34. The Kier molecular flexibility index (Phi) is 3.42. The first-order chi connectivity index (χ1) is 7.27. The normalized spacial score (nSPS) is 12.3. The van der Waals surface area contributed by atoms with E-state index in [0.29, 0.717) is 11.7 Å². The minimum atomic E-state index is -4.34. The van der Waals surface area contributed by atoms with Gasteiger partial charge in [-0.1, -0.05) is 24.3 Å². The van der Waals surface area contributed by atoms with Gasteiger partial charge in [0.15, 0.2) is 0 Å². The summed E-state index contributed by atoms with van der Waals surface area (Å²) in [7, 11) is -2.40. The molecule has 16 heavy (non-hydrogen) atoms. The van der Waals surface area contributed by atoms with Crippen LogP contribution in [0.15, 0.2) is 24.3 Å². The molecule has 2 nitrogen and oxygen atoms in total. The van der Waals surface area contributed by atoms with Crippen LogP contribution in [0.5, 0.6) is 0 Å². The summed E-state index contributed by atoms with van der Waals surface area (Å²) in [6, 6.07) is 4.72. The van der Waals surface area contributed by atoms with E-state index in [1.807, 2.05) is 0 Å². The first kappa shape index (κ1) is 12.8. The Labute approximate surface area is 92.2 Å². The predicted molar refractivity (Wildman–Crippen MR) is 55.7 cm³/mol. The minimum Gasteiger partial charge on any atom is -0.517 e. The average molecular weight is 248 g/mol. The third-order valence-corrected chi connectivity index (χ3v) is 4.66. The lowest BCUT2D eigenvalue weighted by Gasteiger charge is -2.20. The van der Waals surface area contributed by atoms with Crippen molar-refractivity contribution in [3.8, 4) is 0 Å². The Hall–Kier alpha value is -1.30. The van der Waals surface area contributed by atoms with Crippen molar-refractivity contribution < 1.29 is 22.4 Å². The molecule has 0 spiro atoms. The second-order valence-corrected chi connectivity index (χ2v) is 7.63. The molecule has 0 saturated carbocycles. The van der Waals surface area contributed by atoms with Gasteiger partial charge < -0.3 is 4.43 Å². The van der Waals surface area contributed by atoms with Gasteiger partial charge in [-0.25, -0.2) is 0 Å². The summed E-state index contributed by atoms with van der Waals surface area (Å²) < 4.78 is 41.8. The van der Waals surface area contributed by atoms with Gasteiger partial charge in [-0.2, -0.15) is 13.2 Å². The van der Waals surface area contributed by atoms with Crippen LogP contribution in [-0.2, 0) is 15.4 Å². The fraction of sp³-hybridized carbons (Fsp3) is 0.300. The lowest BCUT2D eigenvalue weighted by atomic mass is 10.2. The maximum absolute atomic E-state index is 12.3. The molecule has 1 aromatic carbocycles. The van der Waals surface area contributed by atoms with Crippen LogP contribution in [0.2, 0.25) is 13.1 Å². The highest BCUT2D eigenvalue weighted by Crippen LogP contribution is 2.28. The topological polar surface area (TPSA) is 26.3 Å². The van der Waals surface area contributed by atoms with Crippen molar-refractivity contribution >= 4 is 20.0 Å². The van der Waals surface area contributed by atoms with Crippen LogP contribution in [0.4, 0.5) is 13.2 Å². The van der Waals surface area contributed by atoms with Crippen molar-refractivity contribution in [3.63, 3.8) is 0 Å². The Morgan fingerprint density at radius 3 is 2.06 bits per heavy atom. The summed E-state index contributed by atoms with van der Waals surface area (Å²) >= 11 is 0. The fourth-order valence-corrected chi connectivity index (χ4v) is 2.59. The second-order valence-electron chi connectivity index (χ2n) is 3.80. The molecule has 0 aliphatic heterocycles. The summed E-state index contributed by atoms with van der Waals surface area (Å²) in [6.45, 7) is 3.82. The van der Waals surface area contributed by atoms with Crippen LogP contribution >= 0.6 is 0 Å². The molecule has 0 amide bonds. The van der Waals surface area contributed by atoms with Crippen LogP contribution in [-0.4, -0.2) is 14.8 Å². The van der Waals surface area contributed by atoms with Gasteiger partial charge in [0.1, 0.15) is 0 Å². The number of rotatable bonds is 3. The molecule has 0 aliphatic carbocycles. The van der Waals surface area contributed by atoms with Gasteiger partial charge in [0.2, 0.25) is 0 Å². The second kappa shape index (κ2) is 4.29. The molecule has 0 aliphatic rings. The lowest BCUT2D eigenvalue weighted by molar-refractivity contribution is -0.137. The zero-order chi connectivity index (χ0) is 12.4. The highest BCUT2D eigenvalue weighted by molar-refractivity contribution is 6.85. The van der Waals surface area contributed by atoms with Gasteiger partial charge in [-0.15, -0.1) is 0 Å². The van der Waals surface area contributed by atoms with Gasteiger partial charge in [-0.3, -0.25) is 4.79 Å². The molecule has 0 fully saturated rings. The summed E-state index contributed by atoms with van der Waals surface area (Å²) in [5.74, 6) is 0. The SMILES string of the molecule is C[Si](C)(OC=O)c1ccc(C(F)(F)F)cc1. The quantitative estimate of drug-likeness (QED) is 0.606. The van der Waals surface area contributed by atoms with Crippen molar-refractivity contribution in [2.75, 3.05) is 0 Å². The molecule has 6 heteroatoms. The molecule has 0 saturated heterocycles. The van der Waals surface area contributed by atoms with Crippen molar-refractivity contribution in [2.24, 2.45) is 0 Å². The molecule has 0 radical (unpaired) electrons. The molecular weight excluding hydrogens is 237 g/mol. The molecule has 1 rings (SSSR count). The van der Waals surface area contributed by atoms with Crippen molar-refractivity contribution in [1.82, 2.24) is 0 Å². The molecule has 88 valence electrons. The molecule has 0 heterocycles. The van der Waals surface area contributed by atoms with Crippen LogP contribution in [0.25, 0.3) is 0 Å². The van der Waals surface area contributed by atoms with Gasteiger partial charge in [0.05, 0.1) is 5.56 Å². The van der Waals surface area contributed by atoms with Gasteiger partial charge in [0, 0.05) is 0 Å². The summed E-state index contributed by atoms with van der Waals surface area (Å²) in [4.78, 5) is 10.3. The number of hydrogen-bond donors (Lipinski definition) is 0. The predicted octanol–water partition coefficient (Wildman–Crippen LogP) is 2.29. The van der Waals surface area contributed by atoms with E-state index >= 15 is 0 Å². The van der Waals surface area contributed by atoms with Gasteiger partial charge in [0.25, 0.3) is 14.8 Å². The third kappa shape index (κ3) is 2.85. The number of hydrogen-bond acceptors (Lipinski definition) is 2. The Balaban J connectivity index is 2.99. The first-order valence-corrected chi connectivity index (χ1v) is 7.47. The Bertz CT molecular complexity index is 371. The number of carbonyl (C=O) groups is 1. The molecule has 1 aromatic rings. The van der Waals surface area contributed by atoms with E-state index in [-0.39, 0.29) is 0 Å². The minimum absolute atomic E-state index is 0.337. The van der Waals surface area contributed by atoms with E-state index in [0.717, 1.165) is 12.1 Å². The van der Waals surface area contributed by atoms with Crippen LogP contribution in [0, 0.1) is 0 Å². The molecule has 0 unspecified atom stereocenters. The first-order valence-electron chi connectivity index (χ1n) is 4.56. The highest BCUT2D eigenvalue weighted by Gasteiger charge is 2.32. The van der Waals surface area contributed by atoms with E-state index < -0.39 is 20.1 Å². The largest absolute Gasteiger partial charge is 0.517 e. The average Bonchev–Trinajstić information content (AvgIpc) is 2.16. The number of carbonyl (C=O) groups excluding carboxylic acids is 1. The van der Waals surface area contributed by atoms with Gasteiger partial charge in [-0.05, 0) is 18.3 Å². The van der Waals surface area contributed by atoms with Crippen molar-refractivity contribution in [2.45, 2.75) is 19.3 Å². The third-order valence-electron chi connectivity index (χ3n) is 2.25. The molecule has 0 aromatic heterocycles. The molecule has 0 N–H and O–H groups in total. The summed E-state index contributed by atoms with van der Waals surface area (Å²) in [5, 5.41) is 0.646. The highest BCUT2D eigenvalue weighted by atomic mass is 28.4.